The smallest absolute Gasteiger partial charge is 0.231 e. The van der Waals surface area contributed by atoms with Gasteiger partial charge in [-0.1, -0.05) is 23.8 Å². The molecule has 2 bridgehead atoms. The van der Waals surface area contributed by atoms with Crippen molar-refractivity contribution in [2.45, 2.75) is 12.2 Å². The number of ether oxygens (including phenoxy) is 1. The van der Waals surface area contributed by atoms with Gasteiger partial charge in [-0.15, -0.1) is 0 Å². The monoisotopic (exact) mass is 310 g/mol. The fraction of sp³-hybridized carbons (Fsp3) is 0.286. The summed E-state index contributed by atoms with van der Waals surface area (Å²) in [5, 5.41) is 13.6. The molecule has 1 aromatic carbocycles. The fourth-order valence-corrected chi connectivity index (χ4v) is 2.88. The predicted molar refractivity (Wildman–Crippen MR) is 69.8 cm³/mol. The van der Waals surface area contributed by atoms with E-state index >= 15 is 0 Å². The molecule has 1 N–H and O–H groups in total. The van der Waals surface area contributed by atoms with Crippen LogP contribution in [0.15, 0.2) is 30.4 Å². The van der Waals surface area contributed by atoms with Crippen molar-refractivity contribution in [2.24, 2.45) is 11.8 Å². The molecule has 21 heavy (non-hydrogen) atoms. The lowest BCUT2D eigenvalue weighted by Crippen LogP contribution is -2.45. The third kappa shape index (κ3) is 2.41. The van der Waals surface area contributed by atoms with E-state index in [0.29, 0.717) is 0 Å². The SMILES string of the molecule is O=C([O-])[C@@H]1[C@H](C(=O)Nc2ccc(F)c(Cl)c2)[C@@H]2C=C[C@H]1O2. The first kappa shape index (κ1) is 14.0. The lowest BCUT2D eigenvalue weighted by Gasteiger charge is -2.25. The molecule has 1 aromatic rings. The van der Waals surface area contributed by atoms with E-state index in [-0.39, 0.29) is 10.7 Å². The Bertz CT molecular complexity index is 648. The summed E-state index contributed by atoms with van der Waals surface area (Å²) < 4.78 is 18.4. The van der Waals surface area contributed by atoms with Gasteiger partial charge in [0, 0.05) is 17.6 Å². The molecular formula is C14H10ClFNO4-. The van der Waals surface area contributed by atoms with E-state index < -0.39 is 41.7 Å². The summed E-state index contributed by atoms with van der Waals surface area (Å²) in [5.74, 6) is -4.37. The van der Waals surface area contributed by atoms with Crippen LogP contribution >= 0.6 is 11.6 Å². The molecule has 110 valence electrons. The number of nitrogens with one attached hydrogen (secondary N) is 1. The molecule has 0 spiro atoms. The zero-order valence-electron chi connectivity index (χ0n) is 10.6. The Kier molecular flexibility index (Phi) is 3.43. The Morgan fingerprint density at radius 1 is 1.24 bits per heavy atom. The average Bonchev–Trinajstić information content (AvgIpc) is 3.03. The number of carboxylic acid groups (broad SMARTS) is 1. The van der Waals surface area contributed by atoms with Gasteiger partial charge in [-0.3, -0.25) is 4.79 Å². The zero-order chi connectivity index (χ0) is 15.1. The van der Waals surface area contributed by atoms with E-state index in [0.717, 1.165) is 6.07 Å². The number of carbonyl (C=O) groups excluding carboxylic acids is 2. The van der Waals surface area contributed by atoms with E-state index in [1.54, 1.807) is 12.2 Å². The second-order valence-electron chi connectivity index (χ2n) is 4.94. The van der Waals surface area contributed by atoms with Crippen LogP contribution in [0.5, 0.6) is 0 Å². The molecule has 1 fully saturated rings. The predicted octanol–water partition coefficient (Wildman–Crippen LogP) is 0.737. The zero-order valence-corrected chi connectivity index (χ0v) is 11.3. The highest BCUT2D eigenvalue weighted by Gasteiger charge is 2.50. The first-order chi connectivity index (χ1) is 9.97. The minimum absolute atomic E-state index is 0.131. The second kappa shape index (κ2) is 5.13. The minimum Gasteiger partial charge on any atom is -0.550 e. The summed E-state index contributed by atoms with van der Waals surface area (Å²) in [5.41, 5.74) is 0.287. The normalized spacial score (nSPS) is 29.6. The van der Waals surface area contributed by atoms with Crippen molar-refractivity contribution in [2.75, 3.05) is 5.32 Å². The van der Waals surface area contributed by atoms with Crippen LogP contribution < -0.4 is 10.4 Å². The third-order valence-electron chi connectivity index (χ3n) is 3.66. The highest BCUT2D eigenvalue weighted by atomic mass is 35.5. The standard InChI is InChI=1S/C14H11ClFNO4/c15-7-5-6(1-2-8(7)16)17-13(18)11-9-3-4-10(21-9)12(11)14(19)20/h1-5,9-12H,(H,17,18)(H,19,20)/p-1/t9-,10+,11+,12-/m0/s1. The highest BCUT2D eigenvalue weighted by molar-refractivity contribution is 6.31. The molecule has 1 saturated heterocycles. The van der Waals surface area contributed by atoms with Crippen LogP contribution in [0, 0.1) is 17.7 Å². The molecule has 0 radical (unpaired) electrons. The molecule has 2 aliphatic heterocycles. The Morgan fingerprint density at radius 3 is 2.52 bits per heavy atom. The summed E-state index contributed by atoms with van der Waals surface area (Å²) in [6.45, 7) is 0. The second-order valence-corrected chi connectivity index (χ2v) is 5.35. The molecule has 5 nitrogen and oxygen atoms in total. The maximum absolute atomic E-state index is 13.1. The molecule has 1 amide bonds. The van der Waals surface area contributed by atoms with Gasteiger partial charge in [0.1, 0.15) is 5.82 Å². The van der Waals surface area contributed by atoms with Crippen LogP contribution in [0.4, 0.5) is 10.1 Å². The average molecular weight is 311 g/mol. The molecule has 2 heterocycles. The van der Waals surface area contributed by atoms with Gasteiger partial charge < -0.3 is 20.0 Å². The number of fused-ring (bicyclic) bond motifs is 2. The third-order valence-corrected chi connectivity index (χ3v) is 3.95. The number of aliphatic carboxylic acids is 1. The largest absolute Gasteiger partial charge is 0.550 e. The first-order valence-corrected chi connectivity index (χ1v) is 6.66. The van der Waals surface area contributed by atoms with Crippen LogP contribution in [-0.2, 0) is 14.3 Å². The van der Waals surface area contributed by atoms with Crippen LogP contribution in [0.2, 0.25) is 5.02 Å². The van der Waals surface area contributed by atoms with E-state index in [1.165, 1.54) is 12.1 Å². The van der Waals surface area contributed by atoms with Gasteiger partial charge in [0.2, 0.25) is 5.91 Å². The maximum atomic E-state index is 13.1. The minimum atomic E-state index is -1.33. The van der Waals surface area contributed by atoms with Crippen molar-refractivity contribution < 1.29 is 23.8 Å². The lowest BCUT2D eigenvalue weighted by molar-refractivity contribution is -0.313. The number of hydrogen-bond acceptors (Lipinski definition) is 4. The van der Waals surface area contributed by atoms with E-state index in [1.807, 2.05) is 0 Å². The van der Waals surface area contributed by atoms with Crippen LogP contribution in [0.1, 0.15) is 0 Å². The van der Waals surface area contributed by atoms with Gasteiger partial charge in [0.25, 0.3) is 0 Å². The Morgan fingerprint density at radius 2 is 1.90 bits per heavy atom. The van der Waals surface area contributed by atoms with E-state index in [9.17, 15) is 19.1 Å². The number of benzene rings is 1. The number of rotatable bonds is 3. The molecule has 2 aliphatic rings. The van der Waals surface area contributed by atoms with Crippen LogP contribution in [0.3, 0.4) is 0 Å². The van der Waals surface area contributed by atoms with Gasteiger partial charge in [0.15, 0.2) is 0 Å². The van der Waals surface area contributed by atoms with Gasteiger partial charge in [-0.25, -0.2) is 4.39 Å². The van der Waals surface area contributed by atoms with Crippen molar-refractivity contribution in [3.63, 3.8) is 0 Å². The molecule has 4 atom stereocenters. The molecule has 0 aliphatic carbocycles. The summed E-state index contributed by atoms with van der Waals surface area (Å²) in [4.78, 5) is 23.4. The Hall–Kier alpha value is -1.92. The van der Waals surface area contributed by atoms with Crippen LogP contribution in [-0.4, -0.2) is 24.1 Å². The number of hydrogen-bond donors (Lipinski definition) is 1. The van der Waals surface area contributed by atoms with Gasteiger partial charge >= 0.3 is 0 Å². The van der Waals surface area contributed by atoms with Crippen molar-refractivity contribution in [1.29, 1.82) is 0 Å². The molecule has 0 unspecified atom stereocenters. The number of carbonyl (C=O) groups is 2. The molecule has 3 rings (SSSR count). The lowest BCUT2D eigenvalue weighted by atomic mass is 9.82. The number of carboxylic acids is 1. The summed E-state index contributed by atoms with van der Waals surface area (Å²) >= 11 is 5.63. The quantitative estimate of drug-likeness (QED) is 0.835. The number of anilines is 1. The van der Waals surface area contributed by atoms with Crippen molar-refractivity contribution in [1.82, 2.24) is 0 Å². The number of amides is 1. The maximum Gasteiger partial charge on any atom is 0.231 e. The molecule has 0 aromatic heterocycles. The van der Waals surface area contributed by atoms with E-state index in [2.05, 4.69) is 5.32 Å². The Balaban J connectivity index is 1.80. The summed E-state index contributed by atoms with van der Waals surface area (Å²) in [6, 6.07) is 3.72. The number of halogens is 2. The van der Waals surface area contributed by atoms with Gasteiger partial charge in [-0.2, -0.15) is 0 Å². The molecular weight excluding hydrogens is 301 g/mol. The highest BCUT2D eigenvalue weighted by Crippen LogP contribution is 2.39. The molecule has 7 heteroatoms. The first-order valence-electron chi connectivity index (χ1n) is 6.28. The fourth-order valence-electron chi connectivity index (χ4n) is 2.70. The van der Waals surface area contributed by atoms with Gasteiger partial charge in [0.05, 0.1) is 23.1 Å². The van der Waals surface area contributed by atoms with E-state index in [4.69, 9.17) is 16.3 Å². The van der Waals surface area contributed by atoms with Crippen molar-refractivity contribution >= 4 is 29.2 Å². The van der Waals surface area contributed by atoms with Crippen molar-refractivity contribution in [3.8, 4) is 0 Å². The van der Waals surface area contributed by atoms with Crippen LogP contribution in [0.25, 0.3) is 0 Å². The topological polar surface area (TPSA) is 78.5 Å². The molecule has 0 saturated carbocycles. The summed E-state index contributed by atoms with van der Waals surface area (Å²) in [7, 11) is 0. The van der Waals surface area contributed by atoms with Crippen molar-refractivity contribution in [3.05, 3.63) is 41.2 Å². The van der Waals surface area contributed by atoms with Gasteiger partial charge in [-0.05, 0) is 18.2 Å². The Labute approximate surface area is 124 Å². The summed E-state index contributed by atoms with van der Waals surface area (Å²) in [6.07, 6.45) is 2.04.